The number of carbonyl (C=O) groups is 3. The average molecular weight is 926 g/mol. The van der Waals surface area contributed by atoms with Crippen molar-refractivity contribution in [2.75, 3.05) is 13.2 Å². The third-order valence-electron chi connectivity index (χ3n) is 12.6. The van der Waals surface area contributed by atoms with Gasteiger partial charge in [-0.15, -0.1) is 0 Å². The van der Waals surface area contributed by atoms with E-state index in [9.17, 15) is 14.4 Å². The van der Waals surface area contributed by atoms with E-state index in [1.165, 1.54) is 180 Å². The van der Waals surface area contributed by atoms with Crippen molar-refractivity contribution in [3.8, 4) is 0 Å². The molecule has 0 aromatic carbocycles. The molecule has 0 heterocycles. The molecule has 6 heteroatoms. The molecule has 0 aliphatic heterocycles. The molecule has 0 N–H and O–H groups in total. The fraction of sp³-hybridized carbons (Fsp3) is 0.817. The maximum atomic E-state index is 12.8. The maximum absolute atomic E-state index is 12.8. The lowest BCUT2D eigenvalue weighted by molar-refractivity contribution is -0.167. The summed E-state index contributed by atoms with van der Waals surface area (Å²) in [6, 6.07) is 0. The van der Waals surface area contributed by atoms with Gasteiger partial charge in [0.15, 0.2) is 6.10 Å². The van der Waals surface area contributed by atoms with Crippen molar-refractivity contribution >= 4 is 17.9 Å². The summed E-state index contributed by atoms with van der Waals surface area (Å²) in [6.07, 6.45) is 66.7. The van der Waals surface area contributed by atoms with Crippen molar-refractivity contribution in [1.29, 1.82) is 0 Å². The molecule has 0 bridgehead atoms. The summed E-state index contributed by atoms with van der Waals surface area (Å²) in [6.45, 7) is 6.61. The molecule has 6 nitrogen and oxygen atoms in total. The highest BCUT2D eigenvalue weighted by molar-refractivity contribution is 5.71. The van der Waals surface area contributed by atoms with Gasteiger partial charge in [-0.3, -0.25) is 14.4 Å². The summed E-state index contributed by atoms with van der Waals surface area (Å²) in [5, 5.41) is 0. The monoisotopic (exact) mass is 925 g/mol. The molecule has 0 radical (unpaired) electrons. The Kier molecular flexibility index (Phi) is 52.8. The summed E-state index contributed by atoms with van der Waals surface area (Å²) in [5.41, 5.74) is 0. The smallest absolute Gasteiger partial charge is 0.306 e. The topological polar surface area (TPSA) is 78.9 Å². The second kappa shape index (κ2) is 55.0. The summed E-state index contributed by atoms with van der Waals surface area (Å²) in [5.74, 6) is -0.939. The van der Waals surface area contributed by atoms with Gasteiger partial charge in [0.2, 0.25) is 0 Å². The van der Waals surface area contributed by atoms with Crippen LogP contribution in [-0.2, 0) is 28.6 Å². The first-order valence-corrected chi connectivity index (χ1v) is 28.6. The van der Waals surface area contributed by atoms with Gasteiger partial charge >= 0.3 is 17.9 Å². The normalized spacial score (nSPS) is 12.3. The van der Waals surface area contributed by atoms with E-state index < -0.39 is 6.10 Å². The molecule has 66 heavy (non-hydrogen) atoms. The molecule has 0 fully saturated rings. The lowest BCUT2D eigenvalue weighted by atomic mass is 10.0. The second-order valence-corrected chi connectivity index (χ2v) is 19.2. The number of esters is 3. The summed E-state index contributed by atoms with van der Waals surface area (Å²) >= 11 is 0. The van der Waals surface area contributed by atoms with Crippen LogP contribution < -0.4 is 0 Å². The zero-order valence-corrected chi connectivity index (χ0v) is 44.0. The molecule has 0 aliphatic carbocycles. The quantitative estimate of drug-likeness (QED) is 0.0262. The van der Waals surface area contributed by atoms with Crippen LogP contribution in [0.2, 0.25) is 0 Å². The zero-order chi connectivity index (χ0) is 47.9. The molecule has 0 saturated heterocycles. The van der Waals surface area contributed by atoms with E-state index in [1.54, 1.807) is 0 Å². The Bertz CT molecular complexity index is 1150. The second-order valence-electron chi connectivity index (χ2n) is 19.2. The molecule has 1 atom stereocenters. The van der Waals surface area contributed by atoms with E-state index in [1.807, 2.05) is 0 Å². The third-order valence-corrected chi connectivity index (χ3v) is 12.6. The SMILES string of the molecule is CCCCCCCC/C=C\C/C=C\C/C=C\CCCC(=O)OCC(COC(=O)CCCCCCCCCCCCCCCCC)OC(=O)CCCCCCC/C=C\CCCCCCCCC. The van der Waals surface area contributed by atoms with Crippen molar-refractivity contribution in [2.24, 2.45) is 0 Å². The van der Waals surface area contributed by atoms with Crippen molar-refractivity contribution in [1.82, 2.24) is 0 Å². The van der Waals surface area contributed by atoms with Gasteiger partial charge in [-0.05, 0) is 77.0 Å². The number of hydrogen-bond donors (Lipinski definition) is 0. The lowest BCUT2D eigenvalue weighted by Gasteiger charge is -2.18. The predicted octanol–water partition coefficient (Wildman–Crippen LogP) is 19.0. The Balaban J connectivity index is 4.44. The molecule has 384 valence electrons. The fourth-order valence-electron chi connectivity index (χ4n) is 8.22. The highest BCUT2D eigenvalue weighted by Gasteiger charge is 2.19. The average Bonchev–Trinajstić information content (AvgIpc) is 3.31. The van der Waals surface area contributed by atoms with Gasteiger partial charge in [-0.25, -0.2) is 0 Å². The molecule has 1 unspecified atom stereocenters. The first-order valence-electron chi connectivity index (χ1n) is 28.6. The Hall–Kier alpha value is -2.63. The van der Waals surface area contributed by atoms with Gasteiger partial charge in [0, 0.05) is 19.3 Å². The van der Waals surface area contributed by atoms with Gasteiger partial charge < -0.3 is 14.2 Å². The summed E-state index contributed by atoms with van der Waals surface area (Å²) in [7, 11) is 0. The Morgan fingerprint density at radius 2 is 0.561 bits per heavy atom. The largest absolute Gasteiger partial charge is 0.462 e. The number of rotatable bonds is 52. The number of ether oxygens (including phenoxy) is 3. The lowest BCUT2D eigenvalue weighted by Crippen LogP contribution is -2.30. The van der Waals surface area contributed by atoms with Gasteiger partial charge in [0.1, 0.15) is 13.2 Å². The van der Waals surface area contributed by atoms with Crippen LogP contribution in [0.5, 0.6) is 0 Å². The molecule has 0 spiro atoms. The van der Waals surface area contributed by atoms with E-state index in [-0.39, 0.29) is 37.5 Å². The van der Waals surface area contributed by atoms with Crippen molar-refractivity contribution < 1.29 is 28.6 Å². The van der Waals surface area contributed by atoms with Crippen LogP contribution in [0.4, 0.5) is 0 Å². The molecular weight excluding hydrogens is 817 g/mol. The molecule has 0 aliphatic rings. The molecule has 0 saturated carbocycles. The van der Waals surface area contributed by atoms with Gasteiger partial charge in [0.25, 0.3) is 0 Å². The Morgan fingerprint density at radius 1 is 0.303 bits per heavy atom. The number of carbonyl (C=O) groups excluding carboxylic acids is 3. The van der Waals surface area contributed by atoms with E-state index >= 15 is 0 Å². The maximum Gasteiger partial charge on any atom is 0.306 e. The molecule has 0 amide bonds. The van der Waals surface area contributed by atoms with Crippen LogP contribution in [0.25, 0.3) is 0 Å². The summed E-state index contributed by atoms with van der Waals surface area (Å²) < 4.78 is 16.8. The zero-order valence-electron chi connectivity index (χ0n) is 44.0. The van der Waals surface area contributed by atoms with Gasteiger partial charge in [-0.1, -0.05) is 249 Å². The van der Waals surface area contributed by atoms with Crippen LogP contribution in [0.3, 0.4) is 0 Å². The van der Waals surface area contributed by atoms with Crippen LogP contribution in [-0.4, -0.2) is 37.2 Å². The van der Waals surface area contributed by atoms with E-state index in [0.717, 1.165) is 70.6 Å². The van der Waals surface area contributed by atoms with E-state index in [2.05, 4.69) is 69.4 Å². The number of hydrogen-bond acceptors (Lipinski definition) is 6. The Morgan fingerprint density at radius 3 is 0.924 bits per heavy atom. The minimum absolute atomic E-state index is 0.0890. The first-order chi connectivity index (χ1) is 32.5. The summed E-state index contributed by atoms with van der Waals surface area (Å²) in [4.78, 5) is 38.1. The third kappa shape index (κ3) is 52.3. The highest BCUT2D eigenvalue weighted by atomic mass is 16.6. The predicted molar refractivity (Wildman–Crippen MR) is 284 cm³/mol. The minimum atomic E-state index is -0.795. The number of unbranched alkanes of at least 4 members (excludes halogenated alkanes) is 33. The standard InChI is InChI=1S/C60H108O6/c1-4-7-10-13-16-19-22-25-28-30-33-35-38-41-44-47-50-53-59(62)65-56-57(55-64-58(61)52-49-46-43-40-37-34-31-27-24-21-18-15-12-9-6-3)66-60(63)54-51-48-45-42-39-36-32-29-26-23-20-17-14-11-8-5-2/h25,28-29,32-33,35,41,44,57H,4-24,26-27,30-31,34,36-40,42-43,45-56H2,1-3H3/b28-25-,32-29-,35-33-,44-41-. The van der Waals surface area contributed by atoms with Crippen LogP contribution in [0.15, 0.2) is 48.6 Å². The van der Waals surface area contributed by atoms with Crippen LogP contribution in [0.1, 0.15) is 297 Å². The minimum Gasteiger partial charge on any atom is -0.462 e. The highest BCUT2D eigenvalue weighted by Crippen LogP contribution is 2.16. The first kappa shape index (κ1) is 63.4. The van der Waals surface area contributed by atoms with E-state index in [0.29, 0.717) is 19.3 Å². The van der Waals surface area contributed by atoms with Crippen LogP contribution in [0, 0.1) is 0 Å². The molecule has 0 rings (SSSR count). The number of allylic oxidation sites excluding steroid dienone is 8. The fourth-order valence-corrected chi connectivity index (χ4v) is 8.22. The van der Waals surface area contributed by atoms with Crippen molar-refractivity contribution in [3.63, 3.8) is 0 Å². The van der Waals surface area contributed by atoms with Crippen LogP contribution >= 0.6 is 0 Å². The van der Waals surface area contributed by atoms with Gasteiger partial charge in [-0.2, -0.15) is 0 Å². The molecular formula is C60H108O6. The van der Waals surface area contributed by atoms with E-state index in [4.69, 9.17) is 14.2 Å². The Labute approximate surface area is 409 Å². The molecule has 0 aromatic heterocycles. The molecule has 0 aromatic rings. The van der Waals surface area contributed by atoms with Gasteiger partial charge in [0.05, 0.1) is 0 Å². The van der Waals surface area contributed by atoms with Crippen molar-refractivity contribution in [2.45, 2.75) is 303 Å². The van der Waals surface area contributed by atoms with Crippen molar-refractivity contribution in [3.05, 3.63) is 48.6 Å².